The van der Waals surface area contributed by atoms with Crippen LogP contribution in [0.4, 0.5) is 0 Å². The summed E-state index contributed by atoms with van der Waals surface area (Å²) in [5.74, 6) is 1.59. The van der Waals surface area contributed by atoms with Gasteiger partial charge in [-0.3, -0.25) is 0 Å². The number of hydrogen-bond donors (Lipinski definition) is 1. The Hall–Kier alpha value is -0.130. The fourth-order valence-corrected chi connectivity index (χ4v) is 3.61. The first kappa shape index (κ1) is 14.9. The van der Waals surface area contributed by atoms with Gasteiger partial charge in [0, 0.05) is 25.7 Å². The molecule has 4 nitrogen and oxygen atoms in total. The van der Waals surface area contributed by atoms with Crippen LogP contribution in [0.1, 0.15) is 34.1 Å². The van der Waals surface area contributed by atoms with Gasteiger partial charge < -0.3 is 4.90 Å². The molecule has 3 atom stereocenters. The normalized spacial score (nSPS) is 29.2. The monoisotopic (exact) mass is 262 g/mol. The largest absolute Gasteiger partial charge is 0.301 e. The molecule has 1 aliphatic heterocycles. The zero-order valence-corrected chi connectivity index (χ0v) is 12.3. The van der Waals surface area contributed by atoms with E-state index < -0.39 is 10.0 Å². The summed E-state index contributed by atoms with van der Waals surface area (Å²) < 4.78 is 25.6. The van der Waals surface area contributed by atoms with Gasteiger partial charge in [-0.05, 0) is 32.1 Å². The number of piperidine rings is 1. The highest BCUT2D eigenvalue weighted by atomic mass is 32.2. The van der Waals surface area contributed by atoms with Crippen LogP contribution in [-0.2, 0) is 10.0 Å². The second-order valence-electron chi connectivity index (χ2n) is 5.59. The molecule has 0 spiro atoms. The van der Waals surface area contributed by atoms with Crippen molar-refractivity contribution in [3.63, 3.8) is 0 Å². The molecule has 1 aliphatic rings. The molecule has 1 rings (SSSR count). The molecule has 0 aromatic rings. The Morgan fingerprint density at radius 2 is 1.82 bits per heavy atom. The highest BCUT2D eigenvalue weighted by molar-refractivity contribution is 7.89. The van der Waals surface area contributed by atoms with Crippen LogP contribution >= 0.6 is 0 Å². The minimum absolute atomic E-state index is 0.00236. The Bertz CT molecular complexity index is 319. The molecule has 1 saturated heterocycles. The van der Waals surface area contributed by atoms with Crippen molar-refractivity contribution in [1.82, 2.24) is 9.62 Å². The maximum Gasteiger partial charge on any atom is 0.211 e. The van der Waals surface area contributed by atoms with Gasteiger partial charge in [-0.15, -0.1) is 0 Å². The van der Waals surface area contributed by atoms with Gasteiger partial charge in [0.05, 0.1) is 5.75 Å². The summed E-state index contributed by atoms with van der Waals surface area (Å²) in [5.41, 5.74) is 0. The highest BCUT2D eigenvalue weighted by Gasteiger charge is 2.23. The SMILES string of the molecule is CCS(=O)(=O)NC(C)CN1CC(C)CC(C)C1. The summed E-state index contributed by atoms with van der Waals surface area (Å²) in [5, 5.41) is 0. The second kappa shape index (κ2) is 6.16. The van der Waals surface area contributed by atoms with Crippen LogP contribution in [0.3, 0.4) is 0 Å². The van der Waals surface area contributed by atoms with E-state index in [-0.39, 0.29) is 11.8 Å². The van der Waals surface area contributed by atoms with Crippen LogP contribution in [0, 0.1) is 11.8 Å². The lowest BCUT2D eigenvalue weighted by Crippen LogP contribution is -2.47. The molecule has 3 unspecified atom stereocenters. The predicted octanol–water partition coefficient (Wildman–Crippen LogP) is 1.29. The molecular formula is C12H26N2O2S. The molecule has 17 heavy (non-hydrogen) atoms. The van der Waals surface area contributed by atoms with Crippen LogP contribution in [0.15, 0.2) is 0 Å². The van der Waals surface area contributed by atoms with Crippen LogP contribution in [0.5, 0.6) is 0 Å². The van der Waals surface area contributed by atoms with Crippen molar-refractivity contribution in [2.24, 2.45) is 11.8 Å². The second-order valence-corrected chi connectivity index (χ2v) is 7.63. The molecule has 1 fully saturated rings. The number of hydrogen-bond acceptors (Lipinski definition) is 3. The number of rotatable bonds is 5. The topological polar surface area (TPSA) is 49.4 Å². The van der Waals surface area contributed by atoms with Gasteiger partial charge in [0.25, 0.3) is 0 Å². The smallest absolute Gasteiger partial charge is 0.211 e. The zero-order chi connectivity index (χ0) is 13.1. The van der Waals surface area contributed by atoms with Crippen molar-refractivity contribution in [1.29, 1.82) is 0 Å². The van der Waals surface area contributed by atoms with E-state index in [0.717, 1.165) is 19.6 Å². The molecule has 0 saturated carbocycles. The van der Waals surface area contributed by atoms with E-state index in [1.54, 1.807) is 6.92 Å². The summed E-state index contributed by atoms with van der Waals surface area (Å²) >= 11 is 0. The average molecular weight is 262 g/mol. The molecule has 0 aromatic heterocycles. The van der Waals surface area contributed by atoms with Gasteiger partial charge in [-0.2, -0.15) is 0 Å². The summed E-state index contributed by atoms with van der Waals surface area (Å²) in [6.45, 7) is 11.1. The minimum atomic E-state index is -3.07. The number of nitrogens with zero attached hydrogens (tertiary/aromatic N) is 1. The van der Waals surface area contributed by atoms with Gasteiger partial charge in [0.2, 0.25) is 10.0 Å². The van der Waals surface area contributed by atoms with Crippen molar-refractivity contribution in [2.75, 3.05) is 25.4 Å². The third-order valence-corrected chi connectivity index (χ3v) is 4.76. The molecule has 5 heteroatoms. The van der Waals surface area contributed by atoms with Crippen LogP contribution in [0.2, 0.25) is 0 Å². The molecule has 0 bridgehead atoms. The number of sulfonamides is 1. The summed E-state index contributed by atoms with van der Waals surface area (Å²) in [4.78, 5) is 2.38. The first-order chi connectivity index (χ1) is 7.82. The fraction of sp³-hybridized carbons (Fsp3) is 1.00. The minimum Gasteiger partial charge on any atom is -0.301 e. The van der Waals surface area contributed by atoms with Crippen molar-refractivity contribution >= 4 is 10.0 Å². The average Bonchev–Trinajstić information content (AvgIpc) is 2.14. The quantitative estimate of drug-likeness (QED) is 0.812. The molecule has 0 radical (unpaired) electrons. The number of nitrogens with one attached hydrogen (secondary N) is 1. The van der Waals surface area contributed by atoms with Crippen LogP contribution < -0.4 is 4.72 Å². The fourth-order valence-electron chi connectivity index (χ4n) is 2.76. The summed E-state index contributed by atoms with van der Waals surface area (Å²) in [7, 11) is -3.07. The van der Waals surface area contributed by atoms with E-state index >= 15 is 0 Å². The van der Waals surface area contributed by atoms with Crippen molar-refractivity contribution in [3.05, 3.63) is 0 Å². The lowest BCUT2D eigenvalue weighted by atomic mass is 9.92. The third kappa shape index (κ3) is 5.36. The van der Waals surface area contributed by atoms with Gasteiger partial charge in [-0.1, -0.05) is 13.8 Å². The standard InChI is InChI=1S/C12H26N2O2S/c1-5-17(15,16)13-12(4)9-14-7-10(2)6-11(3)8-14/h10-13H,5-9H2,1-4H3. The van der Waals surface area contributed by atoms with E-state index in [9.17, 15) is 8.42 Å². The molecule has 1 heterocycles. The van der Waals surface area contributed by atoms with Crippen LogP contribution in [0.25, 0.3) is 0 Å². The van der Waals surface area contributed by atoms with E-state index in [1.807, 2.05) is 6.92 Å². The lowest BCUT2D eigenvalue weighted by Gasteiger charge is -2.36. The van der Waals surface area contributed by atoms with Gasteiger partial charge in [0.15, 0.2) is 0 Å². The molecule has 102 valence electrons. The Morgan fingerprint density at radius 1 is 1.29 bits per heavy atom. The first-order valence-electron chi connectivity index (χ1n) is 6.54. The Labute approximate surface area is 106 Å². The lowest BCUT2D eigenvalue weighted by molar-refractivity contribution is 0.134. The molecule has 0 amide bonds. The van der Waals surface area contributed by atoms with Crippen molar-refractivity contribution in [2.45, 2.75) is 40.2 Å². The van der Waals surface area contributed by atoms with Crippen molar-refractivity contribution in [3.8, 4) is 0 Å². The molecule has 0 aliphatic carbocycles. The predicted molar refractivity (Wildman–Crippen MR) is 71.4 cm³/mol. The zero-order valence-electron chi connectivity index (χ0n) is 11.4. The van der Waals surface area contributed by atoms with Gasteiger partial charge in [0.1, 0.15) is 0 Å². The Kier molecular flexibility index (Phi) is 5.41. The number of likely N-dealkylation sites (tertiary alicyclic amines) is 1. The van der Waals surface area contributed by atoms with E-state index in [2.05, 4.69) is 23.5 Å². The highest BCUT2D eigenvalue weighted by Crippen LogP contribution is 2.20. The Morgan fingerprint density at radius 3 is 2.29 bits per heavy atom. The van der Waals surface area contributed by atoms with E-state index in [0.29, 0.717) is 11.8 Å². The first-order valence-corrected chi connectivity index (χ1v) is 8.20. The van der Waals surface area contributed by atoms with Crippen LogP contribution in [-0.4, -0.2) is 44.7 Å². The maximum absolute atomic E-state index is 11.5. The molecular weight excluding hydrogens is 236 g/mol. The van der Waals surface area contributed by atoms with Gasteiger partial charge >= 0.3 is 0 Å². The Balaban J connectivity index is 2.43. The van der Waals surface area contributed by atoms with E-state index in [4.69, 9.17) is 0 Å². The maximum atomic E-state index is 11.5. The van der Waals surface area contributed by atoms with Gasteiger partial charge in [-0.25, -0.2) is 13.1 Å². The molecule has 1 N–H and O–H groups in total. The third-order valence-electron chi connectivity index (χ3n) is 3.24. The summed E-state index contributed by atoms with van der Waals surface area (Å²) in [6.07, 6.45) is 1.28. The molecule has 0 aromatic carbocycles. The summed E-state index contributed by atoms with van der Waals surface area (Å²) in [6, 6.07) is -0.00236. The van der Waals surface area contributed by atoms with Crippen molar-refractivity contribution < 1.29 is 8.42 Å². The van der Waals surface area contributed by atoms with E-state index in [1.165, 1.54) is 6.42 Å².